The average Bonchev–Trinajstić information content (AvgIpc) is 2.48. The van der Waals surface area contributed by atoms with Crippen molar-refractivity contribution in [1.29, 1.82) is 0 Å². The van der Waals surface area contributed by atoms with E-state index >= 15 is 0 Å². The summed E-state index contributed by atoms with van der Waals surface area (Å²) in [7, 11) is 0. The number of allylic oxidation sites excluding steroid dienone is 4. The van der Waals surface area contributed by atoms with Crippen LogP contribution in [0.3, 0.4) is 0 Å². The molecule has 1 amide bonds. The van der Waals surface area contributed by atoms with Crippen LogP contribution in [0, 0.1) is 11.8 Å². The number of rotatable bonds is 7. The molecule has 2 N–H and O–H groups in total. The molecule has 1 saturated carbocycles. The van der Waals surface area contributed by atoms with Crippen molar-refractivity contribution in [2.24, 2.45) is 11.8 Å². The van der Waals surface area contributed by atoms with E-state index in [4.69, 9.17) is 0 Å². The lowest BCUT2D eigenvalue weighted by molar-refractivity contribution is -0.116. The van der Waals surface area contributed by atoms with Crippen LogP contribution in [-0.2, 0) is 4.79 Å². The summed E-state index contributed by atoms with van der Waals surface area (Å²) in [5.41, 5.74) is 2.65. The summed E-state index contributed by atoms with van der Waals surface area (Å²) in [6.45, 7) is 8.98. The molecule has 0 spiro atoms. The molecule has 1 aliphatic rings. The van der Waals surface area contributed by atoms with Gasteiger partial charge in [-0.25, -0.2) is 0 Å². The Labute approximate surface area is 141 Å². The zero-order valence-electron chi connectivity index (χ0n) is 15.1. The van der Waals surface area contributed by atoms with Crippen LogP contribution < -0.4 is 5.32 Å². The van der Waals surface area contributed by atoms with Crippen LogP contribution in [0.5, 0.6) is 0 Å². The molecular weight excluding hydrogens is 286 g/mol. The molecule has 23 heavy (non-hydrogen) atoms. The fourth-order valence-electron chi connectivity index (χ4n) is 2.80. The standard InChI is InChI=1S/C20H33NO2/c1-15(2)6-5-7-16(3)12-13-21-20(23)11-10-18-9-8-17(4)19(22)14-18/h6,10-12,17-19,22H,5,7-9,13-14H2,1-4H3,(H,21,23)/b11-10+,16-12+. The molecule has 0 aromatic carbocycles. The Morgan fingerprint density at radius 2 is 1.96 bits per heavy atom. The molecule has 1 fully saturated rings. The maximum Gasteiger partial charge on any atom is 0.243 e. The fraction of sp³-hybridized carbons (Fsp3) is 0.650. The predicted molar refractivity (Wildman–Crippen MR) is 97.1 cm³/mol. The van der Waals surface area contributed by atoms with Crippen LogP contribution in [0.2, 0.25) is 0 Å². The Morgan fingerprint density at radius 1 is 1.22 bits per heavy atom. The summed E-state index contributed by atoms with van der Waals surface area (Å²) in [4.78, 5) is 11.8. The molecule has 0 bridgehead atoms. The maximum atomic E-state index is 11.8. The van der Waals surface area contributed by atoms with Gasteiger partial charge in [-0.15, -0.1) is 0 Å². The number of amides is 1. The van der Waals surface area contributed by atoms with E-state index in [2.05, 4.69) is 45.2 Å². The van der Waals surface area contributed by atoms with Crippen molar-refractivity contribution in [3.63, 3.8) is 0 Å². The Balaban J connectivity index is 2.26. The molecule has 3 unspecified atom stereocenters. The lowest BCUT2D eigenvalue weighted by Gasteiger charge is -2.29. The van der Waals surface area contributed by atoms with Crippen LogP contribution in [0.25, 0.3) is 0 Å². The number of nitrogens with one attached hydrogen (secondary N) is 1. The highest BCUT2D eigenvalue weighted by Gasteiger charge is 2.24. The van der Waals surface area contributed by atoms with E-state index in [1.807, 2.05) is 6.08 Å². The van der Waals surface area contributed by atoms with E-state index in [0.29, 0.717) is 18.4 Å². The molecule has 0 aromatic heterocycles. The molecule has 3 nitrogen and oxygen atoms in total. The smallest absolute Gasteiger partial charge is 0.243 e. The number of carbonyl (C=O) groups excluding carboxylic acids is 1. The molecule has 130 valence electrons. The molecule has 0 saturated heterocycles. The van der Waals surface area contributed by atoms with Crippen molar-refractivity contribution >= 4 is 5.91 Å². The highest BCUT2D eigenvalue weighted by atomic mass is 16.3. The van der Waals surface area contributed by atoms with Crippen molar-refractivity contribution < 1.29 is 9.90 Å². The number of carbonyl (C=O) groups is 1. The van der Waals surface area contributed by atoms with Gasteiger partial charge in [-0.05, 0) is 70.8 Å². The van der Waals surface area contributed by atoms with Crippen molar-refractivity contribution in [2.45, 2.75) is 65.9 Å². The van der Waals surface area contributed by atoms with E-state index in [0.717, 1.165) is 32.1 Å². The number of hydrogen-bond donors (Lipinski definition) is 2. The number of hydrogen-bond acceptors (Lipinski definition) is 2. The summed E-state index contributed by atoms with van der Waals surface area (Å²) in [5.74, 6) is 0.660. The first-order chi connectivity index (χ1) is 10.9. The predicted octanol–water partition coefficient (Wildman–Crippen LogP) is 4.15. The van der Waals surface area contributed by atoms with E-state index in [1.165, 1.54) is 11.1 Å². The fourth-order valence-corrected chi connectivity index (χ4v) is 2.80. The second kappa shape index (κ2) is 10.4. The van der Waals surface area contributed by atoms with Gasteiger partial charge in [-0.1, -0.05) is 36.3 Å². The Hall–Kier alpha value is -1.35. The molecule has 0 aromatic rings. The molecule has 1 aliphatic carbocycles. The highest BCUT2D eigenvalue weighted by molar-refractivity contribution is 5.87. The Kier molecular flexibility index (Phi) is 8.93. The second-order valence-corrected chi connectivity index (χ2v) is 7.09. The van der Waals surface area contributed by atoms with E-state index in [1.54, 1.807) is 6.08 Å². The van der Waals surface area contributed by atoms with E-state index in [-0.39, 0.29) is 12.0 Å². The third-order valence-electron chi connectivity index (χ3n) is 4.53. The van der Waals surface area contributed by atoms with Crippen LogP contribution in [0.15, 0.2) is 35.5 Å². The van der Waals surface area contributed by atoms with Gasteiger partial charge in [0.25, 0.3) is 0 Å². The zero-order chi connectivity index (χ0) is 17.2. The molecule has 0 radical (unpaired) electrons. The highest BCUT2D eigenvalue weighted by Crippen LogP contribution is 2.29. The maximum absolute atomic E-state index is 11.8. The lowest BCUT2D eigenvalue weighted by Crippen LogP contribution is -2.27. The van der Waals surface area contributed by atoms with Crippen molar-refractivity contribution in [2.75, 3.05) is 6.54 Å². The third-order valence-corrected chi connectivity index (χ3v) is 4.53. The summed E-state index contributed by atoms with van der Waals surface area (Å²) < 4.78 is 0. The molecule has 0 aliphatic heterocycles. The minimum absolute atomic E-state index is 0.0496. The first-order valence-electron chi connectivity index (χ1n) is 8.81. The summed E-state index contributed by atoms with van der Waals surface area (Å²) in [6, 6.07) is 0. The topological polar surface area (TPSA) is 49.3 Å². The van der Waals surface area contributed by atoms with Gasteiger partial charge >= 0.3 is 0 Å². The van der Waals surface area contributed by atoms with Crippen molar-refractivity contribution in [1.82, 2.24) is 5.32 Å². The molecule has 3 atom stereocenters. The number of aliphatic hydroxyl groups is 1. The zero-order valence-corrected chi connectivity index (χ0v) is 15.1. The Bertz CT molecular complexity index is 458. The van der Waals surface area contributed by atoms with Gasteiger partial charge in [0.15, 0.2) is 0 Å². The van der Waals surface area contributed by atoms with Gasteiger partial charge in [0.2, 0.25) is 5.91 Å². The first-order valence-corrected chi connectivity index (χ1v) is 8.81. The van der Waals surface area contributed by atoms with Crippen LogP contribution in [0.4, 0.5) is 0 Å². The van der Waals surface area contributed by atoms with Crippen LogP contribution >= 0.6 is 0 Å². The van der Waals surface area contributed by atoms with Gasteiger partial charge < -0.3 is 10.4 Å². The minimum Gasteiger partial charge on any atom is -0.393 e. The van der Waals surface area contributed by atoms with Crippen molar-refractivity contribution in [3.8, 4) is 0 Å². The normalized spacial score (nSPS) is 25.4. The van der Waals surface area contributed by atoms with Gasteiger partial charge in [-0.3, -0.25) is 4.79 Å². The largest absolute Gasteiger partial charge is 0.393 e. The minimum atomic E-state index is -0.229. The second-order valence-electron chi connectivity index (χ2n) is 7.09. The van der Waals surface area contributed by atoms with Gasteiger partial charge in [0, 0.05) is 6.54 Å². The average molecular weight is 319 g/mol. The van der Waals surface area contributed by atoms with E-state index in [9.17, 15) is 9.90 Å². The molecule has 1 rings (SSSR count). The quantitative estimate of drug-likeness (QED) is 0.547. The van der Waals surface area contributed by atoms with Gasteiger partial charge in [-0.2, -0.15) is 0 Å². The van der Waals surface area contributed by atoms with Gasteiger partial charge in [0.05, 0.1) is 6.10 Å². The Morgan fingerprint density at radius 3 is 2.61 bits per heavy atom. The van der Waals surface area contributed by atoms with Crippen LogP contribution in [-0.4, -0.2) is 23.7 Å². The summed E-state index contributed by atoms with van der Waals surface area (Å²) in [5, 5.41) is 12.8. The van der Waals surface area contributed by atoms with Gasteiger partial charge in [0.1, 0.15) is 0 Å². The summed E-state index contributed by atoms with van der Waals surface area (Å²) >= 11 is 0. The molecule has 0 heterocycles. The van der Waals surface area contributed by atoms with Crippen molar-refractivity contribution in [3.05, 3.63) is 35.5 Å². The monoisotopic (exact) mass is 319 g/mol. The van der Waals surface area contributed by atoms with Crippen LogP contribution in [0.1, 0.15) is 59.8 Å². The van der Waals surface area contributed by atoms with E-state index < -0.39 is 0 Å². The SMILES string of the molecule is CC(C)=CCC/C(C)=C/CNC(=O)/C=C/C1CCC(C)C(O)C1. The first kappa shape index (κ1) is 19.7. The number of aliphatic hydroxyl groups excluding tert-OH is 1. The third kappa shape index (κ3) is 8.75. The summed E-state index contributed by atoms with van der Waals surface area (Å²) in [6.07, 6.45) is 12.6. The lowest BCUT2D eigenvalue weighted by atomic mass is 9.81. The molecule has 3 heteroatoms. The molecular formula is C20H33NO2.